The molecule has 0 aliphatic carbocycles. The van der Waals surface area contributed by atoms with Gasteiger partial charge in [-0.2, -0.15) is 18.3 Å². The number of aromatic amines is 1. The average molecular weight is 607 g/mol. The summed E-state index contributed by atoms with van der Waals surface area (Å²) < 4.78 is 55.8. The molecule has 5 atom stereocenters. The summed E-state index contributed by atoms with van der Waals surface area (Å²) >= 11 is 12.9. The first-order valence-corrected chi connectivity index (χ1v) is 12.8. The Labute approximate surface area is 231 Å². The van der Waals surface area contributed by atoms with E-state index in [1.807, 2.05) is 0 Å². The van der Waals surface area contributed by atoms with Gasteiger partial charge in [-0.15, -0.1) is 5.10 Å². The second kappa shape index (κ2) is 10.6. The molecule has 0 bridgehead atoms. The molecule has 4 heterocycles. The number of methoxy groups -OCH3 is 1. The number of ether oxygens (including phenoxy) is 2. The molecule has 0 spiro atoms. The van der Waals surface area contributed by atoms with Gasteiger partial charge < -0.3 is 24.7 Å². The number of hydrogen-bond donors (Lipinski definition) is 3. The largest absolute Gasteiger partial charge is 0.418 e. The first-order valence-electron chi connectivity index (χ1n) is 11.2. The monoisotopic (exact) mass is 606 g/mol. The summed E-state index contributed by atoms with van der Waals surface area (Å²) in [6.07, 6.45) is -6.81. The summed E-state index contributed by atoms with van der Waals surface area (Å²) in [5.74, 6) is 0. The Morgan fingerprint density at radius 1 is 1.28 bits per heavy atom. The Kier molecular flexibility index (Phi) is 7.58. The number of hydrogen-bond acceptors (Lipinski definition) is 9. The van der Waals surface area contributed by atoms with Gasteiger partial charge in [-0.05, 0) is 18.2 Å². The highest BCUT2D eigenvalue weighted by Crippen LogP contribution is 2.43. The first-order chi connectivity index (χ1) is 18.5. The molecular formula is C22H19Cl2F3N6O5S. The highest BCUT2D eigenvalue weighted by molar-refractivity contribution is 7.07. The number of aromatic nitrogens is 6. The zero-order valence-corrected chi connectivity index (χ0v) is 22.0. The number of aliphatic hydroxyl groups is 2. The van der Waals surface area contributed by atoms with Crippen molar-refractivity contribution in [2.45, 2.75) is 36.6 Å². The lowest BCUT2D eigenvalue weighted by atomic mass is 9.90. The van der Waals surface area contributed by atoms with Gasteiger partial charge in [0.1, 0.15) is 36.2 Å². The van der Waals surface area contributed by atoms with E-state index in [0.717, 1.165) is 22.1 Å². The second-order valence-electron chi connectivity index (χ2n) is 8.55. The number of thiazole rings is 1. The number of rotatable bonds is 6. The molecule has 3 aromatic heterocycles. The average Bonchev–Trinajstić information content (AvgIpc) is 3.65. The van der Waals surface area contributed by atoms with Crippen molar-refractivity contribution in [2.75, 3.05) is 13.7 Å². The van der Waals surface area contributed by atoms with Gasteiger partial charge in [-0.3, -0.25) is 4.79 Å². The molecule has 1 fully saturated rings. The molecule has 4 aromatic rings. The van der Waals surface area contributed by atoms with Crippen LogP contribution in [0.2, 0.25) is 10.0 Å². The smallest absolute Gasteiger partial charge is 0.394 e. The van der Waals surface area contributed by atoms with Crippen molar-refractivity contribution in [1.82, 2.24) is 29.8 Å². The third-order valence-electron chi connectivity index (χ3n) is 6.29. The minimum atomic E-state index is -4.80. The molecule has 1 aliphatic rings. The van der Waals surface area contributed by atoms with E-state index in [2.05, 4.69) is 20.4 Å². The molecule has 11 nitrogen and oxygen atoms in total. The summed E-state index contributed by atoms with van der Waals surface area (Å²) in [6, 6.07) is 2.15. The van der Waals surface area contributed by atoms with Crippen LogP contribution >= 0.6 is 34.5 Å². The van der Waals surface area contributed by atoms with E-state index in [1.54, 1.807) is 5.38 Å². The van der Waals surface area contributed by atoms with E-state index >= 15 is 0 Å². The topological polar surface area (TPSA) is 140 Å². The Hall–Kier alpha value is -2.79. The molecule has 0 radical (unpaired) electrons. The number of halogens is 5. The second-order valence-corrected chi connectivity index (χ2v) is 10.2. The molecule has 208 valence electrons. The lowest BCUT2D eigenvalue weighted by Gasteiger charge is -2.43. The van der Waals surface area contributed by atoms with E-state index in [-0.39, 0.29) is 20.6 Å². The third kappa shape index (κ3) is 5.11. The summed E-state index contributed by atoms with van der Waals surface area (Å²) in [7, 11) is 1.33. The minimum Gasteiger partial charge on any atom is -0.394 e. The van der Waals surface area contributed by atoms with Crippen LogP contribution in [0.15, 0.2) is 40.8 Å². The maximum atomic E-state index is 14.0. The molecule has 5 rings (SSSR count). The van der Waals surface area contributed by atoms with E-state index in [4.69, 9.17) is 32.7 Å². The van der Waals surface area contributed by atoms with Crippen molar-refractivity contribution < 1.29 is 32.9 Å². The van der Waals surface area contributed by atoms with Gasteiger partial charge >= 0.3 is 11.0 Å². The molecular weight excluding hydrogens is 588 g/mol. The van der Waals surface area contributed by atoms with Gasteiger partial charge in [0.2, 0.25) is 0 Å². The molecule has 1 aliphatic heterocycles. The van der Waals surface area contributed by atoms with Crippen molar-refractivity contribution in [3.8, 4) is 17.1 Å². The van der Waals surface area contributed by atoms with Gasteiger partial charge in [0.25, 0.3) is 0 Å². The van der Waals surface area contributed by atoms with Crippen molar-refractivity contribution >= 4 is 34.5 Å². The number of alkyl halides is 3. The number of aliphatic hydroxyl groups excluding tert-OH is 2. The van der Waals surface area contributed by atoms with Gasteiger partial charge in [-0.25, -0.2) is 9.36 Å². The van der Waals surface area contributed by atoms with E-state index < -0.39 is 54.5 Å². The minimum absolute atomic E-state index is 0.114. The van der Waals surface area contributed by atoms with Crippen LogP contribution in [0.1, 0.15) is 23.4 Å². The van der Waals surface area contributed by atoms with E-state index in [1.165, 1.54) is 30.3 Å². The van der Waals surface area contributed by atoms with Crippen LogP contribution in [0.4, 0.5) is 13.2 Å². The number of H-pyrrole nitrogens is 1. The highest BCUT2D eigenvalue weighted by Gasteiger charge is 2.49. The van der Waals surface area contributed by atoms with Crippen LogP contribution in [0.5, 0.6) is 0 Å². The Bertz CT molecular complexity index is 1540. The standard InChI is InChI=1S/C22H19Cl2F3N6O5S/c1-37-20-17(32-6-12(30-31-32)13-8-39-21(36)29-13)18(35)16(7-34)38-19(20)14-2-3-28-33(14)15-5-11(24)10(23)4-9(15)22(25,26)27/h2-6,8,16-20,34-35H,7H2,1H3,(H,29,36)/t16?,17-,18-,19-,20?/m0/s1. The fraction of sp³-hybridized carbons (Fsp3) is 0.364. The zero-order valence-electron chi connectivity index (χ0n) is 19.7. The molecule has 0 amide bonds. The normalized spacial score (nSPS) is 23.8. The Balaban J connectivity index is 1.60. The SMILES string of the molecule is COC1[C@@H](n2cc(-c3csc(=O)[nH]3)nn2)[C@@H](O)C(CO)O[C@H]1c1ccnn1-c1cc(Cl)c(Cl)cc1C(F)(F)F. The lowest BCUT2D eigenvalue weighted by molar-refractivity contribution is -0.216. The highest BCUT2D eigenvalue weighted by atomic mass is 35.5. The van der Waals surface area contributed by atoms with Crippen LogP contribution < -0.4 is 4.87 Å². The third-order valence-corrected chi connectivity index (χ3v) is 7.68. The van der Waals surface area contributed by atoms with Crippen LogP contribution in [-0.4, -0.2) is 72.0 Å². The summed E-state index contributed by atoms with van der Waals surface area (Å²) in [5.41, 5.74) is -0.687. The molecule has 39 heavy (non-hydrogen) atoms. The van der Waals surface area contributed by atoms with Crippen LogP contribution in [0.25, 0.3) is 17.1 Å². The maximum Gasteiger partial charge on any atom is 0.418 e. The molecule has 0 saturated carbocycles. The van der Waals surface area contributed by atoms with Crippen LogP contribution in [0.3, 0.4) is 0 Å². The predicted octanol–water partition coefficient (Wildman–Crippen LogP) is 3.26. The fourth-order valence-corrected chi connectivity index (χ4v) is 5.41. The van der Waals surface area contributed by atoms with Crippen LogP contribution in [-0.2, 0) is 15.7 Å². The molecule has 3 N–H and O–H groups in total. The number of benzene rings is 1. The number of nitrogens with zero attached hydrogens (tertiary/aromatic N) is 5. The summed E-state index contributed by atoms with van der Waals surface area (Å²) in [4.78, 5) is 13.9. The van der Waals surface area contributed by atoms with Crippen LogP contribution in [0, 0.1) is 0 Å². The maximum absolute atomic E-state index is 14.0. The molecule has 17 heteroatoms. The molecule has 1 saturated heterocycles. The zero-order chi connectivity index (χ0) is 28.1. The summed E-state index contributed by atoms with van der Waals surface area (Å²) in [5, 5.41) is 34.4. The van der Waals surface area contributed by atoms with Gasteiger partial charge in [-0.1, -0.05) is 39.8 Å². The van der Waals surface area contributed by atoms with Gasteiger partial charge in [0.15, 0.2) is 0 Å². The first kappa shape index (κ1) is 27.8. The van der Waals surface area contributed by atoms with E-state index in [9.17, 15) is 28.2 Å². The summed E-state index contributed by atoms with van der Waals surface area (Å²) in [6.45, 7) is -0.626. The van der Waals surface area contributed by atoms with E-state index in [0.29, 0.717) is 17.5 Å². The Morgan fingerprint density at radius 3 is 2.67 bits per heavy atom. The number of nitrogens with one attached hydrogen (secondary N) is 1. The molecule has 2 unspecified atom stereocenters. The van der Waals surface area contributed by atoms with Crippen molar-refractivity contribution in [1.29, 1.82) is 0 Å². The predicted molar refractivity (Wildman–Crippen MR) is 133 cm³/mol. The Morgan fingerprint density at radius 2 is 2.03 bits per heavy atom. The van der Waals surface area contributed by atoms with Crippen molar-refractivity contribution in [3.63, 3.8) is 0 Å². The van der Waals surface area contributed by atoms with Crippen molar-refractivity contribution in [2.24, 2.45) is 0 Å². The fourth-order valence-electron chi connectivity index (χ4n) is 4.52. The quantitative estimate of drug-likeness (QED) is 0.304. The van der Waals surface area contributed by atoms with Gasteiger partial charge in [0, 0.05) is 18.7 Å². The van der Waals surface area contributed by atoms with Gasteiger partial charge in [0.05, 0.1) is 45.5 Å². The molecule has 1 aromatic carbocycles. The lowest BCUT2D eigenvalue weighted by Crippen LogP contribution is -2.53. The van der Waals surface area contributed by atoms with Crippen molar-refractivity contribution in [3.05, 3.63) is 66.9 Å².